The van der Waals surface area contributed by atoms with Crippen molar-refractivity contribution in [1.29, 1.82) is 0 Å². The average Bonchev–Trinajstić information content (AvgIpc) is 2.81. The molecular formula is C19H26N2O3. The van der Waals surface area contributed by atoms with Gasteiger partial charge in [0, 0.05) is 25.0 Å². The average molecular weight is 330 g/mol. The molecule has 0 aliphatic rings. The van der Waals surface area contributed by atoms with Crippen molar-refractivity contribution < 1.29 is 14.3 Å². The quantitative estimate of drug-likeness (QED) is 0.849. The highest BCUT2D eigenvalue weighted by atomic mass is 16.5. The number of ether oxygens (including phenoxy) is 2. The lowest BCUT2D eigenvalue weighted by molar-refractivity contribution is -0.120. The van der Waals surface area contributed by atoms with E-state index < -0.39 is 0 Å². The zero-order chi connectivity index (χ0) is 17.7. The van der Waals surface area contributed by atoms with Gasteiger partial charge in [-0.05, 0) is 49.6 Å². The predicted octanol–water partition coefficient (Wildman–Crippen LogP) is 2.56. The fraction of sp³-hybridized carbons (Fsp3) is 0.421. The van der Waals surface area contributed by atoms with Crippen LogP contribution in [0.25, 0.3) is 0 Å². The van der Waals surface area contributed by atoms with Crippen molar-refractivity contribution in [3.63, 3.8) is 0 Å². The number of amides is 1. The monoisotopic (exact) mass is 330 g/mol. The summed E-state index contributed by atoms with van der Waals surface area (Å²) in [5, 5.41) is 2.98. The Labute approximate surface area is 143 Å². The SMILES string of the molecule is COc1ccc(CCNC(=O)Cc2cc(C)n(C)c2C)cc1OC. The Morgan fingerprint density at radius 3 is 2.42 bits per heavy atom. The van der Waals surface area contributed by atoms with Crippen LogP contribution in [0.4, 0.5) is 0 Å². The Morgan fingerprint density at radius 2 is 1.83 bits per heavy atom. The minimum absolute atomic E-state index is 0.0455. The van der Waals surface area contributed by atoms with Gasteiger partial charge in [0.15, 0.2) is 11.5 Å². The van der Waals surface area contributed by atoms with Crippen LogP contribution >= 0.6 is 0 Å². The minimum Gasteiger partial charge on any atom is -0.493 e. The molecule has 0 spiro atoms. The Balaban J connectivity index is 1.87. The molecule has 0 fully saturated rings. The van der Waals surface area contributed by atoms with Crippen LogP contribution in [0.15, 0.2) is 24.3 Å². The summed E-state index contributed by atoms with van der Waals surface area (Å²) in [5.74, 6) is 1.46. The predicted molar refractivity (Wildman–Crippen MR) is 94.9 cm³/mol. The maximum absolute atomic E-state index is 12.1. The number of nitrogens with one attached hydrogen (secondary N) is 1. The molecule has 1 heterocycles. The Bertz CT molecular complexity index is 720. The molecule has 1 aromatic carbocycles. The maximum atomic E-state index is 12.1. The molecule has 0 aliphatic carbocycles. The van der Waals surface area contributed by atoms with Gasteiger partial charge in [-0.25, -0.2) is 0 Å². The molecular weight excluding hydrogens is 304 g/mol. The number of methoxy groups -OCH3 is 2. The summed E-state index contributed by atoms with van der Waals surface area (Å²) in [5.41, 5.74) is 4.49. The normalized spacial score (nSPS) is 10.5. The van der Waals surface area contributed by atoms with Gasteiger partial charge < -0.3 is 19.4 Å². The Hall–Kier alpha value is -2.43. The number of carbonyl (C=O) groups is 1. The van der Waals surface area contributed by atoms with Gasteiger partial charge in [-0.3, -0.25) is 4.79 Å². The maximum Gasteiger partial charge on any atom is 0.224 e. The van der Waals surface area contributed by atoms with E-state index in [2.05, 4.69) is 16.0 Å². The van der Waals surface area contributed by atoms with Crippen molar-refractivity contribution in [2.75, 3.05) is 20.8 Å². The Kier molecular flexibility index (Phi) is 5.90. The van der Waals surface area contributed by atoms with Gasteiger partial charge in [-0.15, -0.1) is 0 Å². The van der Waals surface area contributed by atoms with Gasteiger partial charge in [0.25, 0.3) is 0 Å². The van der Waals surface area contributed by atoms with Crippen molar-refractivity contribution >= 4 is 5.91 Å². The lowest BCUT2D eigenvalue weighted by Crippen LogP contribution is -2.27. The standard InChI is InChI=1S/C19H26N2O3/c1-13-10-16(14(2)21(13)3)12-19(22)20-9-8-15-6-7-17(23-4)18(11-15)24-5/h6-7,10-11H,8-9,12H2,1-5H3,(H,20,22). The van der Waals surface area contributed by atoms with E-state index in [4.69, 9.17) is 9.47 Å². The van der Waals surface area contributed by atoms with Crippen LogP contribution < -0.4 is 14.8 Å². The number of aromatic nitrogens is 1. The molecule has 0 unspecified atom stereocenters. The molecule has 1 amide bonds. The van der Waals surface area contributed by atoms with Gasteiger partial charge in [0.1, 0.15) is 0 Å². The van der Waals surface area contributed by atoms with Crippen molar-refractivity contribution in [2.45, 2.75) is 26.7 Å². The molecule has 0 atom stereocenters. The van der Waals surface area contributed by atoms with E-state index >= 15 is 0 Å². The molecule has 2 rings (SSSR count). The molecule has 0 bridgehead atoms. The van der Waals surface area contributed by atoms with Crippen LogP contribution in [-0.4, -0.2) is 31.2 Å². The highest BCUT2D eigenvalue weighted by Crippen LogP contribution is 2.27. The zero-order valence-corrected chi connectivity index (χ0v) is 15.1. The summed E-state index contributed by atoms with van der Waals surface area (Å²) in [4.78, 5) is 12.1. The minimum atomic E-state index is 0.0455. The van der Waals surface area contributed by atoms with Gasteiger partial charge in [0.05, 0.1) is 20.6 Å². The molecule has 0 aliphatic heterocycles. The van der Waals surface area contributed by atoms with Crippen LogP contribution in [0, 0.1) is 13.8 Å². The number of hydrogen-bond donors (Lipinski definition) is 1. The molecule has 5 nitrogen and oxygen atoms in total. The fourth-order valence-corrected chi connectivity index (χ4v) is 2.73. The van der Waals surface area contributed by atoms with Crippen molar-refractivity contribution in [3.05, 3.63) is 46.8 Å². The third kappa shape index (κ3) is 4.10. The second-order valence-corrected chi connectivity index (χ2v) is 5.92. The number of benzene rings is 1. The smallest absolute Gasteiger partial charge is 0.224 e. The lowest BCUT2D eigenvalue weighted by atomic mass is 10.1. The molecule has 0 saturated carbocycles. The first-order valence-electron chi connectivity index (χ1n) is 8.05. The third-order valence-electron chi connectivity index (χ3n) is 4.41. The fourth-order valence-electron chi connectivity index (χ4n) is 2.73. The first-order chi connectivity index (χ1) is 11.5. The number of aryl methyl sites for hydroxylation is 1. The zero-order valence-electron chi connectivity index (χ0n) is 15.1. The van der Waals surface area contributed by atoms with Crippen molar-refractivity contribution in [2.24, 2.45) is 7.05 Å². The molecule has 24 heavy (non-hydrogen) atoms. The Morgan fingerprint density at radius 1 is 1.12 bits per heavy atom. The molecule has 0 saturated heterocycles. The first-order valence-corrected chi connectivity index (χ1v) is 8.05. The van der Waals surface area contributed by atoms with E-state index in [0.29, 0.717) is 24.5 Å². The summed E-state index contributed by atoms with van der Waals surface area (Å²) < 4.78 is 12.6. The summed E-state index contributed by atoms with van der Waals surface area (Å²) in [6.07, 6.45) is 1.17. The summed E-state index contributed by atoms with van der Waals surface area (Å²) in [6, 6.07) is 7.88. The highest BCUT2D eigenvalue weighted by Gasteiger charge is 2.10. The first kappa shape index (κ1) is 17.9. The second-order valence-electron chi connectivity index (χ2n) is 5.92. The third-order valence-corrected chi connectivity index (χ3v) is 4.41. The van der Waals surface area contributed by atoms with E-state index in [0.717, 1.165) is 23.2 Å². The topological polar surface area (TPSA) is 52.5 Å². The molecule has 1 N–H and O–H groups in total. The van der Waals surface area contributed by atoms with E-state index in [-0.39, 0.29) is 5.91 Å². The van der Waals surface area contributed by atoms with Crippen LogP contribution in [-0.2, 0) is 24.7 Å². The highest BCUT2D eigenvalue weighted by molar-refractivity contribution is 5.78. The molecule has 130 valence electrons. The van der Waals surface area contributed by atoms with Crippen LogP contribution in [0.5, 0.6) is 11.5 Å². The number of rotatable bonds is 7. The van der Waals surface area contributed by atoms with Crippen LogP contribution in [0.3, 0.4) is 0 Å². The van der Waals surface area contributed by atoms with E-state index in [9.17, 15) is 4.79 Å². The van der Waals surface area contributed by atoms with E-state index in [1.165, 1.54) is 5.69 Å². The number of nitrogens with zero attached hydrogens (tertiary/aromatic N) is 1. The van der Waals surface area contributed by atoms with Crippen LogP contribution in [0.1, 0.15) is 22.5 Å². The number of hydrogen-bond acceptors (Lipinski definition) is 3. The lowest BCUT2D eigenvalue weighted by Gasteiger charge is -2.10. The molecule has 5 heteroatoms. The largest absolute Gasteiger partial charge is 0.493 e. The van der Waals surface area contributed by atoms with Crippen molar-refractivity contribution in [3.8, 4) is 11.5 Å². The molecule has 0 radical (unpaired) electrons. The van der Waals surface area contributed by atoms with Gasteiger partial charge >= 0.3 is 0 Å². The summed E-state index contributed by atoms with van der Waals surface area (Å²) >= 11 is 0. The van der Waals surface area contributed by atoms with Gasteiger partial charge in [-0.2, -0.15) is 0 Å². The molecule has 2 aromatic rings. The van der Waals surface area contributed by atoms with E-state index in [1.54, 1.807) is 14.2 Å². The molecule has 1 aromatic heterocycles. The van der Waals surface area contributed by atoms with Gasteiger partial charge in [0.2, 0.25) is 5.91 Å². The van der Waals surface area contributed by atoms with Gasteiger partial charge in [-0.1, -0.05) is 6.07 Å². The number of carbonyl (C=O) groups excluding carboxylic acids is 1. The van der Waals surface area contributed by atoms with E-state index in [1.807, 2.05) is 39.1 Å². The second kappa shape index (κ2) is 7.90. The van der Waals surface area contributed by atoms with Crippen LogP contribution in [0.2, 0.25) is 0 Å². The van der Waals surface area contributed by atoms with Crippen molar-refractivity contribution in [1.82, 2.24) is 9.88 Å². The summed E-state index contributed by atoms with van der Waals surface area (Å²) in [7, 11) is 5.25. The summed E-state index contributed by atoms with van der Waals surface area (Å²) in [6.45, 7) is 4.68.